The van der Waals surface area contributed by atoms with Gasteiger partial charge in [0.15, 0.2) is 0 Å². The molecule has 0 spiro atoms. The number of aliphatic hydroxyl groups excluding tert-OH is 1. The van der Waals surface area contributed by atoms with Crippen LogP contribution in [0.4, 0.5) is 0 Å². The summed E-state index contributed by atoms with van der Waals surface area (Å²) in [6, 6.07) is 15.9. The van der Waals surface area contributed by atoms with Gasteiger partial charge in [-0.1, -0.05) is 52.3 Å². The Kier molecular flexibility index (Phi) is 4.59. The average molecular weight is 403 g/mol. The van der Waals surface area contributed by atoms with E-state index >= 15 is 0 Å². The van der Waals surface area contributed by atoms with E-state index in [0.29, 0.717) is 6.42 Å². The van der Waals surface area contributed by atoms with Crippen LogP contribution in [0.1, 0.15) is 17.2 Å². The molecule has 0 fully saturated rings. The normalized spacial score (nSPS) is 12.4. The zero-order valence-electron chi connectivity index (χ0n) is 9.11. The predicted molar refractivity (Wildman–Crippen MR) is 82.0 cm³/mol. The third kappa shape index (κ3) is 3.30. The fraction of sp³-hybridized carbons (Fsp3) is 0.143. The van der Waals surface area contributed by atoms with Crippen molar-refractivity contribution in [1.82, 2.24) is 0 Å². The summed E-state index contributed by atoms with van der Waals surface area (Å²) in [4.78, 5) is 0. The number of halogens is 2. The van der Waals surface area contributed by atoms with Gasteiger partial charge in [0.2, 0.25) is 0 Å². The molecule has 2 rings (SSSR count). The molecule has 0 aliphatic heterocycles. The van der Waals surface area contributed by atoms with Crippen molar-refractivity contribution in [3.63, 3.8) is 0 Å². The van der Waals surface area contributed by atoms with Gasteiger partial charge in [-0.2, -0.15) is 0 Å². The first-order chi connectivity index (χ1) is 8.18. The molecule has 2 aromatic carbocycles. The summed E-state index contributed by atoms with van der Waals surface area (Å²) in [5, 5.41) is 10.3. The molecule has 88 valence electrons. The lowest BCUT2D eigenvalue weighted by Gasteiger charge is -2.13. The summed E-state index contributed by atoms with van der Waals surface area (Å²) in [6.07, 6.45) is 0.170. The van der Waals surface area contributed by atoms with Gasteiger partial charge in [0.25, 0.3) is 0 Å². The van der Waals surface area contributed by atoms with Gasteiger partial charge in [0.1, 0.15) is 0 Å². The van der Waals surface area contributed by atoms with Crippen molar-refractivity contribution in [2.75, 3.05) is 0 Å². The molecule has 0 amide bonds. The Bertz CT molecular complexity index is 513. The second-order valence-corrected chi connectivity index (χ2v) is 5.85. The highest BCUT2D eigenvalue weighted by Crippen LogP contribution is 2.26. The molecular weight excluding hydrogens is 391 g/mol. The fourth-order valence-electron chi connectivity index (χ4n) is 1.73. The van der Waals surface area contributed by atoms with Crippen molar-refractivity contribution < 1.29 is 5.11 Å². The lowest BCUT2D eigenvalue weighted by molar-refractivity contribution is 0.177. The van der Waals surface area contributed by atoms with Gasteiger partial charge >= 0.3 is 0 Å². The number of hydrogen-bond donors (Lipinski definition) is 1. The molecule has 0 bridgehead atoms. The summed E-state index contributed by atoms with van der Waals surface area (Å²) in [5.41, 5.74) is 2.11. The maximum Gasteiger partial charge on any atom is 0.0840 e. The van der Waals surface area contributed by atoms with Crippen molar-refractivity contribution >= 4 is 38.5 Å². The molecule has 1 atom stereocenters. The second kappa shape index (κ2) is 5.98. The number of benzene rings is 2. The molecule has 3 heteroatoms. The van der Waals surface area contributed by atoms with E-state index in [4.69, 9.17) is 0 Å². The van der Waals surface area contributed by atoms with Crippen LogP contribution in [0.2, 0.25) is 0 Å². The maximum absolute atomic E-state index is 10.3. The maximum atomic E-state index is 10.3. The molecule has 2 aromatic rings. The SMILES string of the molecule is OC(Cc1ccccc1Br)c1ccccc1I. The van der Waals surface area contributed by atoms with Crippen LogP contribution in [0.15, 0.2) is 53.0 Å². The van der Waals surface area contributed by atoms with E-state index in [1.54, 1.807) is 0 Å². The third-order valence-electron chi connectivity index (χ3n) is 2.64. The summed E-state index contributed by atoms with van der Waals surface area (Å²) < 4.78 is 2.15. The van der Waals surface area contributed by atoms with Gasteiger partial charge in [-0.15, -0.1) is 0 Å². The molecular formula is C14H12BrIO. The quantitative estimate of drug-likeness (QED) is 0.757. The second-order valence-electron chi connectivity index (χ2n) is 3.83. The highest BCUT2D eigenvalue weighted by molar-refractivity contribution is 14.1. The van der Waals surface area contributed by atoms with Crippen molar-refractivity contribution in [2.24, 2.45) is 0 Å². The van der Waals surface area contributed by atoms with Gasteiger partial charge in [0.05, 0.1) is 6.10 Å². The fourth-order valence-corrected chi connectivity index (χ4v) is 2.92. The Hall–Kier alpha value is -0.390. The summed E-state index contributed by atoms with van der Waals surface area (Å²) in [5.74, 6) is 0. The van der Waals surface area contributed by atoms with Gasteiger partial charge < -0.3 is 5.11 Å². The standard InChI is InChI=1S/C14H12BrIO/c15-12-7-3-1-5-10(12)9-14(17)11-6-2-4-8-13(11)16/h1-8,14,17H,9H2. The Morgan fingerprint density at radius 1 is 1.06 bits per heavy atom. The van der Waals surface area contributed by atoms with Crippen LogP contribution < -0.4 is 0 Å². The highest BCUT2D eigenvalue weighted by atomic mass is 127. The first kappa shape index (κ1) is 13.1. The van der Waals surface area contributed by atoms with Gasteiger partial charge in [0, 0.05) is 14.5 Å². The van der Waals surface area contributed by atoms with E-state index in [-0.39, 0.29) is 0 Å². The molecule has 17 heavy (non-hydrogen) atoms. The topological polar surface area (TPSA) is 20.2 Å². The largest absolute Gasteiger partial charge is 0.388 e. The Labute approximate surface area is 123 Å². The lowest BCUT2D eigenvalue weighted by atomic mass is 10.0. The predicted octanol–water partition coefficient (Wildman–Crippen LogP) is 4.33. The molecule has 0 aliphatic carbocycles. The van der Waals surface area contributed by atoms with Crippen LogP contribution in [0.5, 0.6) is 0 Å². The van der Waals surface area contributed by atoms with E-state index in [1.165, 1.54) is 0 Å². The monoisotopic (exact) mass is 402 g/mol. The van der Waals surface area contributed by atoms with Crippen LogP contribution in [-0.2, 0) is 6.42 Å². The summed E-state index contributed by atoms with van der Waals surface area (Å²) in [6.45, 7) is 0. The van der Waals surface area contributed by atoms with E-state index in [1.807, 2.05) is 48.5 Å². The van der Waals surface area contributed by atoms with Gasteiger partial charge in [-0.3, -0.25) is 0 Å². The number of rotatable bonds is 3. The van der Waals surface area contributed by atoms with Gasteiger partial charge in [-0.05, 0) is 45.9 Å². The summed E-state index contributed by atoms with van der Waals surface area (Å²) >= 11 is 5.76. The van der Waals surface area contributed by atoms with E-state index in [0.717, 1.165) is 19.2 Å². The minimum absolute atomic E-state index is 0.457. The van der Waals surface area contributed by atoms with Crippen LogP contribution in [0.3, 0.4) is 0 Å². The number of hydrogen-bond acceptors (Lipinski definition) is 1. The van der Waals surface area contributed by atoms with Crippen LogP contribution >= 0.6 is 38.5 Å². The van der Waals surface area contributed by atoms with Crippen LogP contribution in [-0.4, -0.2) is 5.11 Å². The van der Waals surface area contributed by atoms with Crippen molar-refractivity contribution in [1.29, 1.82) is 0 Å². The molecule has 0 radical (unpaired) electrons. The van der Waals surface area contributed by atoms with Crippen LogP contribution in [0.25, 0.3) is 0 Å². The molecule has 1 N–H and O–H groups in total. The minimum Gasteiger partial charge on any atom is -0.388 e. The third-order valence-corrected chi connectivity index (χ3v) is 4.39. The molecule has 1 unspecified atom stereocenters. The molecule has 0 saturated heterocycles. The van der Waals surface area contributed by atoms with Crippen molar-refractivity contribution in [3.05, 3.63) is 67.7 Å². The lowest BCUT2D eigenvalue weighted by Crippen LogP contribution is -2.04. The first-order valence-electron chi connectivity index (χ1n) is 5.34. The Morgan fingerprint density at radius 2 is 1.71 bits per heavy atom. The van der Waals surface area contributed by atoms with Gasteiger partial charge in [-0.25, -0.2) is 0 Å². The zero-order valence-corrected chi connectivity index (χ0v) is 12.8. The Morgan fingerprint density at radius 3 is 2.41 bits per heavy atom. The average Bonchev–Trinajstić information content (AvgIpc) is 2.32. The van der Waals surface area contributed by atoms with E-state index < -0.39 is 6.10 Å². The molecule has 0 heterocycles. The van der Waals surface area contributed by atoms with E-state index in [9.17, 15) is 5.11 Å². The molecule has 0 aliphatic rings. The molecule has 0 saturated carbocycles. The first-order valence-corrected chi connectivity index (χ1v) is 7.21. The highest BCUT2D eigenvalue weighted by Gasteiger charge is 2.12. The smallest absolute Gasteiger partial charge is 0.0840 e. The molecule has 0 aromatic heterocycles. The zero-order chi connectivity index (χ0) is 12.3. The number of aliphatic hydroxyl groups is 1. The Balaban J connectivity index is 2.20. The van der Waals surface area contributed by atoms with E-state index in [2.05, 4.69) is 38.5 Å². The summed E-state index contributed by atoms with van der Waals surface area (Å²) in [7, 11) is 0. The molecule has 1 nitrogen and oxygen atoms in total. The van der Waals surface area contributed by atoms with Crippen LogP contribution in [0, 0.1) is 3.57 Å². The minimum atomic E-state index is -0.457. The van der Waals surface area contributed by atoms with Crippen molar-refractivity contribution in [2.45, 2.75) is 12.5 Å². The van der Waals surface area contributed by atoms with Crippen molar-refractivity contribution in [3.8, 4) is 0 Å².